The molecule has 20 heavy (non-hydrogen) atoms. The first-order valence-corrected chi connectivity index (χ1v) is 7.36. The predicted molar refractivity (Wildman–Crippen MR) is 81.8 cm³/mol. The summed E-state index contributed by atoms with van der Waals surface area (Å²) in [4.78, 5) is 7.68. The first-order chi connectivity index (χ1) is 9.69. The molecule has 0 amide bonds. The monoisotopic (exact) mass is 292 g/mol. The van der Waals surface area contributed by atoms with Crippen LogP contribution in [0.4, 0.5) is 0 Å². The average molecular weight is 292 g/mol. The fourth-order valence-electron chi connectivity index (χ4n) is 2.02. The Morgan fingerprint density at radius 3 is 2.80 bits per heavy atom. The van der Waals surface area contributed by atoms with Crippen LogP contribution in [-0.2, 0) is 11.3 Å². The number of methoxy groups -OCH3 is 1. The summed E-state index contributed by atoms with van der Waals surface area (Å²) in [6.45, 7) is 1.67. The maximum absolute atomic E-state index is 9.70. The second-order valence-electron chi connectivity index (χ2n) is 4.79. The molecule has 0 radical (unpaired) electrons. The van der Waals surface area contributed by atoms with E-state index < -0.39 is 6.10 Å². The zero-order chi connectivity index (χ0) is 14.4. The van der Waals surface area contributed by atoms with E-state index in [0.29, 0.717) is 13.2 Å². The van der Waals surface area contributed by atoms with Crippen molar-refractivity contribution in [1.82, 2.24) is 9.88 Å². The molecule has 2 rings (SSSR count). The highest BCUT2D eigenvalue weighted by Gasteiger charge is 2.11. The molecular weight excluding hydrogens is 272 g/mol. The van der Waals surface area contributed by atoms with Crippen molar-refractivity contribution in [2.75, 3.05) is 27.3 Å². The predicted octanol–water partition coefficient (Wildman–Crippen LogP) is 2.25. The van der Waals surface area contributed by atoms with Crippen LogP contribution in [0.15, 0.2) is 36.5 Å². The first kappa shape index (κ1) is 15.1. The number of hydrogen-bond acceptors (Lipinski definition) is 5. The second-order valence-corrected chi connectivity index (χ2v) is 5.91. The molecule has 1 aromatic carbocycles. The van der Waals surface area contributed by atoms with Gasteiger partial charge >= 0.3 is 0 Å². The van der Waals surface area contributed by atoms with E-state index in [0.717, 1.165) is 11.6 Å². The van der Waals surface area contributed by atoms with Crippen molar-refractivity contribution in [3.63, 3.8) is 0 Å². The summed E-state index contributed by atoms with van der Waals surface area (Å²) in [6.07, 6.45) is 1.45. The molecule has 1 aromatic heterocycles. The molecule has 1 heterocycles. The van der Waals surface area contributed by atoms with Crippen LogP contribution in [0.5, 0.6) is 0 Å². The minimum absolute atomic E-state index is 0.359. The smallest absolute Gasteiger partial charge is 0.107 e. The fourth-order valence-corrected chi connectivity index (χ4v) is 3.02. The molecule has 1 N–H and O–H groups in total. The third-order valence-corrected chi connectivity index (χ3v) is 3.93. The van der Waals surface area contributed by atoms with Gasteiger partial charge in [-0.2, -0.15) is 0 Å². The first-order valence-electron chi connectivity index (χ1n) is 6.54. The van der Waals surface area contributed by atoms with Crippen LogP contribution in [-0.4, -0.2) is 48.4 Å². The van der Waals surface area contributed by atoms with Gasteiger partial charge in [0.05, 0.1) is 24.1 Å². The number of likely N-dealkylation sites (N-methyl/N-ethyl adjacent to an activating group) is 1. The van der Waals surface area contributed by atoms with Gasteiger partial charge < -0.3 is 9.84 Å². The Balaban J connectivity index is 1.93. The summed E-state index contributed by atoms with van der Waals surface area (Å²) in [5.41, 5.74) is 1.19. The Bertz CT molecular complexity index is 516. The summed E-state index contributed by atoms with van der Waals surface area (Å²) in [6, 6.07) is 10.2. The van der Waals surface area contributed by atoms with Gasteiger partial charge in [-0.25, -0.2) is 4.98 Å². The lowest BCUT2D eigenvalue weighted by Crippen LogP contribution is -2.31. The van der Waals surface area contributed by atoms with Gasteiger partial charge in [-0.3, -0.25) is 4.90 Å². The molecule has 5 heteroatoms. The van der Waals surface area contributed by atoms with Crippen LogP contribution >= 0.6 is 11.3 Å². The Labute approximate surface area is 123 Å². The third-order valence-electron chi connectivity index (χ3n) is 2.90. The number of nitrogens with zero attached hydrogens (tertiary/aromatic N) is 2. The van der Waals surface area contributed by atoms with Crippen molar-refractivity contribution < 1.29 is 9.84 Å². The molecule has 0 saturated heterocycles. The van der Waals surface area contributed by atoms with Crippen molar-refractivity contribution in [3.05, 3.63) is 41.5 Å². The highest BCUT2D eigenvalue weighted by Crippen LogP contribution is 2.26. The third kappa shape index (κ3) is 4.38. The van der Waals surface area contributed by atoms with Gasteiger partial charge in [0.25, 0.3) is 0 Å². The molecule has 0 fully saturated rings. The minimum atomic E-state index is -0.460. The van der Waals surface area contributed by atoms with Crippen LogP contribution in [0, 0.1) is 0 Å². The lowest BCUT2D eigenvalue weighted by atomic mass is 10.2. The number of rotatable bonds is 7. The van der Waals surface area contributed by atoms with Crippen molar-refractivity contribution >= 4 is 11.3 Å². The number of aromatic nitrogens is 1. The SMILES string of the molecule is COCC(O)CN(C)Cc1ncc(-c2ccccc2)s1. The Morgan fingerprint density at radius 2 is 2.10 bits per heavy atom. The van der Waals surface area contributed by atoms with Crippen molar-refractivity contribution in [3.8, 4) is 10.4 Å². The van der Waals surface area contributed by atoms with Crippen LogP contribution in [0.1, 0.15) is 5.01 Å². The molecule has 0 saturated carbocycles. The number of ether oxygens (including phenoxy) is 1. The van der Waals surface area contributed by atoms with Gasteiger partial charge in [-0.05, 0) is 12.6 Å². The highest BCUT2D eigenvalue weighted by molar-refractivity contribution is 7.15. The number of aliphatic hydroxyl groups excluding tert-OH is 1. The Hall–Kier alpha value is -1.27. The molecule has 0 aliphatic carbocycles. The van der Waals surface area contributed by atoms with Gasteiger partial charge in [-0.15, -0.1) is 11.3 Å². The quantitative estimate of drug-likeness (QED) is 0.850. The van der Waals surface area contributed by atoms with E-state index >= 15 is 0 Å². The summed E-state index contributed by atoms with van der Waals surface area (Å²) in [5, 5.41) is 10.7. The molecule has 108 valence electrons. The minimum Gasteiger partial charge on any atom is -0.389 e. The number of benzene rings is 1. The van der Waals surface area contributed by atoms with Gasteiger partial charge in [0.15, 0.2) is 0 Å². The van der Waals surface area contributed by atoms with E-state index in [2.05, 4.69) is 22.0 Å². The van der Waals surface area contributed by atoms with Gasteiger partial charge in [0, 0.05) is 19.9 Å². The summed E-state index contributed by atoms with van der Waals surface area (Å²) in [7, 11) is 3.57. The lowest BCUT2D eigenvalue weighted by molar-refractivity contribution is 0.0419. The molecule has 0 aliphatic heterocycles. The molecule has 4 nitrogen and oxygen atoms in total. The van der Waals surface area contributed by atoms with Crippen LogP contribution in [0.25, 0.3) is 10.4 Å². The molecule has 0 bridgehead atoms. The summed E-state index contributed by atoms with van der Waals surface area (Å²) in [5.74, 6) is 0. The van der Waals surface area contributed by atoms with Crippen LogP contribution in [0.3, 0.4) is 0 Å². The lowest BCUT2D eigenvalue weighted by Gasteiger charge is -2.18. The molecule has 0 aliphatic rings. The van der Waals surface area contributed by atoms with E-state index in [4.69, 9.17) is 4.74 Å². The zero-order valence-electron chi connectivity index (χ0n) is 11.8. The standard InChI is InChI=1S/C15H20N2O2S/c1-17(9-13(18)11-19-2)10-15-16-8-14(20-15)12-6-4-3-5-7-12/h3-8,13,18H,9-11H2,1-2H3. The molecule has 2 aromatic rings. The van der Waals surface area contributed by atoms with E-state index in [9.17, 15) is 5.11 Å². The number of aliphatic hydroxyl groups is 1. The van der Waals surface area contributed by atoms with Crippen molar-refractivity contribution in [1.29, 1.82) is 0 Å². The summed E-state index contributed by atoms with van der Waals surface area (Å²) >= 11 is 1.69. The molecular formula is C15H20N2O2S. The van der Waals surface area contributed by atoms with Gasteiger partial charge in [0.1, 0.15) is 5.01 Å². The van der Waals surface area contributed by atoms with E-state index in [1.54, 1.807) is 18.4 Å². The van der Waals surface area contributed by atoms with Crippen molar-refractivity contribution in [2.45, 2.75) is 12.6 Å². The van der Waals surface area contributed by atoms with Crippen molar-refractivity contribution in [2.24, 2.45) is 0 Å². The van der Waals surface area contributed by atoms with Crippen LogP contribution in [0.2, 0.25) is 0 Å². The van der Waals surface area contributed by atoms with E-state index in [1.807, 2.05) is 31.4 Å². The van der Waals surface area contributed by atoms with Gasteiger partial charge in [-0.1, -0.05) is 30.3 Å². The zero-order valence-corrected chi connectivity index (χ0v) is 12.6. The topological polar surface area (TPSA) is 45.6 Å². The summed E-state index contributed by atoms with van der Waals surface area (Å²) < 4.78 is 4.93. The fraction of sp³-hybridized carbons (Fsp3) is 0.400. The number of thiazole rings is 1. The second kappa shape index (κ2) is 7.50. The Kier molecular flexibility index (Phi) is 5.67. The van der Waals surface area contributed by atoms with Gasteiger partial charge in [0.2, 0.25) is 0 Å². The highest BCUT2D eigenvalue weighted by atomic mass is 32.1. The maximum Gasteiger partial charge on any atom is 0.107 e. The number of hydrogen-bond donors (Lipinski definition) is 1. The molecule has 1 atom stereocenters. The molecule has 1 unspecified atom stereocenters. The normalized spacial score (nSPS) is 12.8. The van der Waals surface area contributed by atoms with E-state index in [1.165, 1.54) is 10.4 Å². The Morgan fingerprint density at radius 1 is 1.35 bits per heavy atom. The largest absolute Gasteiger partial charge is 0.389 e. The molecule has 0 spiro atoms. The van der Waals surface area contributed by atoms with E-state index in [-0.39, 0.29) is 0 Å². The maximum atomic E-state index is 9.70. The average Bonchev–Trinajstić information content (AvgIpc) is 2.88. The van der Waals surface area contributed by atoms with Crippen LogP contribution < -0.4 is 0 Å².